The molecule has 4 rings (SSSR count). The van der Waals surface area contributed by atoms with Gasteiger partial charge >= 0.3 is 0 Å². The van der Waals surface area contributed by atoms with Gasteiger partial charge in [-0.2, -0.15) is 0 Å². The molecule has 0 aromatic rings. The number of thioether (sulfide) groups is 1. The molecule has 3 aliphatic heterocycles. The summed E-state index contributed by atoms with van der Waals surface area (Å²) in [5.41, 5.74) is 0. The zero-order chi connectivity index (χ0) is 15.2. The molecule has 3 atom stereocenters. The van der Waals surface area contributed by atoms with Crippen molar-refractivity contribution in [3.05, 3.63) is 0 Å². The first kappa shape index (κ1) is 15.3. The number of carbonyl (C=O) groups is 1. The summed E-state index contributed by atoms with van der Waals surface area (Å²) >= 11 is 2.04. The highest BCUT2D eigenvalue weighted by atomic mass is 32.2. The van der Waals surface area contributed by atoms with Crippen molar-refractivity contribution in [2.75, 3.05) is 38.7 Å². The van der Waals surface area contributed by atoms with Crippen molar-refractivity contribution >= 4 is 17.7 Å². The molecule has 0 radical (unpaired) electrons. The van der Waals surface area contributed by atoms with E-state index in [-0.39, 0.29) is 0 Å². The second kappa shape index (κ2) is 5.99. The van der Waals surface area contributed by atoms with Crippen LogP contribution in [0.4, 0.5) is 0 Å². The van der Waals surface area contributed by atoms with Gasteiger partial charge in [0.05, 0.1) is 10.9 Å². The van der Waals surface area contributed by atoms with Gasteiger partial charge in [0.1, 0.15) is 0 Å². The summed E-state index contributed by atoms with van der Waals surface area (Å²) in [4.78, 5) is 14.3. The van der Waals surface area contributed by atoms with Gasteiger partial charge in [-0.1, -0.05) is 6.92 Å². The second-order valence-electron chi connectivity index (χ2n) is 7.72. The number of hydrogen-bond acceptors (Lipinski definition) is 4. The summed E-state index contributed by atoms with van der Waals surface area (Å²) < 4.78 is 11.9. The zero-order valence-electron chi connectivity index (χ0n) is 13.5. The predicted octanol–water partition coefficient (Wildman–Crippen LogP) is 2.17. The summed E-state index contributed by atoms with van der Waals surface area (Å²) in [5, 5.41) is 0. The fourth-order valence-electron chi connectivity index (χ4n) is 4.02. The van der Waals surface area contributed by atoms with E-state index in [1.54, 1.807) is 0 Å². The Morgan fingerprint density at radius 3 is 2.77 bits per heavy atom. The van der Waals surface area contributed by atoms with Gasteiger partial charge in [0, 0.05) is 44.6 Å². The van der Waals surface area contributed by atoms with E-state index in [1.165, 1.54) is 0 Å². The average Bonchev–Trinajstić information content (AvgIpc) is 3.08. The van der Waals surface area contributed by atoms with Gasteiger partial charge in [-0.05, 0) is 37.5 Å². The molecule has 1 aliphatic carbocycles. The van der Waals surface area contributed by atoms with Crippen LogP contribution >= 0.6 is 11.8 Å². The fraction of sp³-hybridized carbons (Fsp3) is 0.941. The van der Waals surface area contributed by atoms with Crippen LogP contribution in [0.2, 0.25) is 0 Å². The molecular formula is C17H27NO3S. The van der Waals surface area contributed by atoms with Crippen molar-refractivity contribution in [2.24, 2.45) is 17.8 Å². The van der Waals surface area contributed by atoms with Gasteiger partial charge in [0.25, 0.3) is 0 Å². The van der Waals surface area contributed by atoms with Crippen LogP contribution in [-0.2, 0) is 14.3 Å². The molecule has 4 aliphatic rings. The van der Waals surface area contributed by atoms with Gasteiger partial charge in [-0.3, -0.25) is 4.79 Å². The standard InChI is InChI=1S/C17H27NO3S/c1-12-6-15(12)16(19)18-10-17(11-18)7-14(9-22-17)21-8-13-2-4-20-5-3-13/h12-15H,2-11H2,1H3. The second-order valence-corrected chi connectivity index (χ2v) is 9.21. The first-order valence-electron chi connectivity index (χ1n) is 8.77. The predicted molar refractivity (Wildman–Crippen MR) is 86.9 cm³/mol. The zero-order valence-corrected chi connectivity index (χ0v) is 14.3. The summed E-state index contributed by atoms with van der Waals surface area (Å²) in [6.45, 7) is 6.78. The maximum absolute atomic E-state index is 12.2. The van der Waals surface area contributed by atoms with E-state index in [9.17, 15) is 4.79 Å². The smallest absolute Gasteiger partial charge is 0.226 e. The van der Waals surface area contributed by atoms with Crippen molar-refractivity contribution < 1.29 is 14.3 Å². The van der Waals surface area contributed by atoms with Gasteiger partial charge in [-0.25, -0.2) is 0 Å². The van der Waals surface area contributed by atoms with Crippen LogP contribution in [0.25, 0.3) is 0 Å². The van der Waals surface area contributed by atoms with Crippen molar-refractivity contribution in [1.82, 2.24) is 4.90 Å². The number of nitrogens with zero attached hydrogens (tertiary/aromatic N) is 1. The monoisotopic (exact) mass is 325 g/mol. The van der Waals surface area contributed by atoms with Crippen molar-refractivity contribution in [1.29, 1.82) is 0 Å². The van der Waals surface area contributed by atoms with Crippen LogP contribution in [0.3, 0.4) is 0 Å². The van der Waals surface area contributed by atoms with Crippen molar-refractivity contribution in [3.8, 4) is 0 Å². The Kier molecular flexibility index (Phi) is 4.16. The Morgan fingerprint density at radius 1 is 1.36 bits per heavy atom. The number of hydrogen-bond donors (Lipinski definition) is 0. The van der Waals surface area contributed by atoms with Crippen LogP contribution in [0.5, 0.6) is 0 Å². The lowest BCUT2D eigenvalue weighted by molar-refractivity contribution is -0.138. The normalized spacial score (nSPS) is 37.3. The molecule has 3 unspecified atom stereocenters. The van der Waals surface area contributed by atoms with E-state index < -0.39 is 0 Å². The van der Waals surface area contributed by atoms with E-state index in [2.05, 4.69) is 11.8 Å². The third kappa shape index (κ3) is 3.04. The third-order valence-corrected chi connectivity index (χ3v) is 7.36. The largest absolute Gasteiger partial charge is 0.381 e. The maximum atomic E-state index is 12.2. The van der Waals surface area contributed by atoms with Crippen LogP contribution in [0, 0.1) is 17.8 Å². The minimum absolute atomic E-state index is 0.314. The molecule has 124 valence electrons. The number of rotatable bonds is 4. The highest BCUT2D eigenvalue weighted by Gasteiger charge is 2.53. The molecule has 3 heterocycles. The molecule has 1 spiro atoms. The number of carbonyl (C=O) groups excluding carboxylic acids is 1. The Labute approximate surface area is 137 Å². The van der Waals surface area contributed by atoms with E-state index in [1.807, 2.05) is 11.8 Å². The Hall–Kier alpha value is -0.260. The van der Waals surface area contributed by atoms with Gasteiger partial charge in [-0.15, -0.1) is 11.8 Å². The molecule has 22 heavy (non-hydrogen) atoms. The highest BCUT2D eigenvalue weighted by Crippen LogP contribution is 2.48. The Bertz CT molecular complexity index is 432. The summed E-state index contributed by atoms with van der Waals surface area (Å²) in [5.74, 6) is 3.15. The summed E-state index contributed by atoms with van der Waals surface area (Å²) in [6, 6.07) is 0. The van der Waals surface area contributed by atoms with Crippen LogP contribution in [-0.4, -0.2) is 60.3 Å². The summed E-state index contributed by atoms with van der Waals surface area (Å²) in [6.07, 6.45) is 4.92. The molecule has 0 aromatic heterocycles. The number of amides is 1. The SMILES string of the molecule is CC1CC1C(=O)N1CC2(CC(OCC3CCOCC3)CS2)C1. The van der Waals surface area contributed by atoms with E-state index >= 15 is 0 Å². The van der Waals surface area contributed by atoms with Gasteiger partial charge in [0.2, 0.25) is 5.91 Å². The first-order valence-corrected chi connectivity index (χ1v) is 9.76. The Balaban J connectivity index is 1.19. The van der Waals surface area contributed by atoms with E-state index in [0.717, 1.165) is 64.3 Å². The highest BCUT2D eigenvalue weighted by molar-refractivity contribution is 8.01. The lowest BCUT2D eigenvalue weighted by Gasteiger charge is -2.47. The molecule has 1 saturated carbocycles. The van der Waals surface area contributed by atoms with Crippen LogP contribution in [0.15, 0.2) is 0 Å². The van der Waals surface area contributed by atoms with Crippen molar-refractivity contribution in [2.45, 2.75) is 43.5 Å². The minimum Gasteiger partial charge on any atom is -0.381 e. The molecule has 5 heteroatoms. The first-order chi connectivity index (χ1) is 10.7. The molecule has 4 nitrogen and oxygen atoms in total. The Morgan fingerprint density at radius 2 is 2.09 bits per heavy atom. The molecule has 1 amide bonds. The van der Waals surface area contributed by atoms with Gasteiger partial charge < -0.3 is 14.4 Å². The van der Waals surface area contributed by atoms with E-state index in [4.69, 9.17) is 9.47 Å². The average molecular weight is 325 g/mol. The number of likely N-dealkylation sites (tertiary alicyclic amines) is 1. The molecule has 0 aromatic carbocycles. The van der Waals surface area contributed by atoms with Crippen LogP contribution in [0.1, 0.15) is 32.6 Å². The molecule has 3 saturated heterocycles. The summed E-state index contributed by atoms with van der Waals surface area (Å²) in [7, 11) is 0. The van der Waals surface area contributed by atoms with Gasteiger partial charge in [0.15, 0.2) is 0 Å². The lowest BCUT2D eigenvalue weighted by atomic mass is 9.92. The molecule has 0 N–H and O–H groups in total. The van der Waals surface area contributed by atoms with Crippen LogP contribution < -0.4 is 0 Å². The maximum Gasteiger partial charge on any atom is 0.226 e. The fourth-order valence-corrected chi connectivity index (χ4v) is 5.57. The lowest BCUT2D eigenvalue weighted by Crippen LogP contribution is -2.61. The third-order valence-electron chi connectivity index (χ3n) is 5.78. The minimum atomic E-state index is 0.314. The quantitative estimate of drug-likeness (QED) is 0.794. The molecular weight excluding hydrogens is 298 g/mol. The molecule has 0 bridgehead atoms. The molecule has 4 fully saturated rings. The van der Waals surface area contributed by atoms with E-state index in [0.29, 0.717) is 34.5 Å². The topological polar surface area (TPSA) is 38.8 Å². The number of ether oxygens (including phenoxy) is 2. The van der Waals surface area contributed by atoms with Crippen molar-refractivity contribution in [3.63, 3.8) is 0 Å².